The Morgan fingerprint density at radius 2 is 2.25 bits per heavy atom. The number of nitrogens with zero attached hydrogens (tertiary/aromatic N) is 2. The second-order valence-corrected chi connectivity index (χ2v) is 4.62. The number of piperazine rings is 1. The summed E-state index contributed by atoms with van der Waals surface area (Å²) in [5.74, 6) is -0.0861. The molecule has 7 heteroatoms. The first kappa shape index (κ1) is 14.5. The molecule has 0 bridgehead atoms. The van der Waals surface area contributed by atoms with Gasteiger partial charge < -0.3 is 19.4 Å². The highest BCUT2D eigenvalue weighted by Gasteiger charge is 2.35. The fourth-order valence-corrected chi connectivity index (χ4v) is 2.26. The zero-order valence-electron chi connectivity index (χ0n) is 11.9. The predicted octanol–water partition coefficient (Wildman–Crippen LogP) is 0.269. The van der Waals surface area contributed by atoms with Gasteiger partial charge in [0.15, 0.2) is 5.89 Å². The number of nitrogens with one attached hydrogen (secondary N) is 1. The van der Waals surface area contributed by atoms with Gasteiger partial charge in [-0.2, -0.15) is 0 Å². The van der Waals surface area contributed by atoms with Gasteiger partial charge in [0, 0.05) is 26.6 Å². The molecule has 1 amide bonds. The van der Waals surface area contributed by atoms with Crippen LogP contribution in [0, 0.1) is 13.8 Å². The maximum Gasteiger partial charge on any atom is 0.330 e. The van der Waals surface area contributed by atoms with Crippen LogP contribution in [0.1, 0.15) is 29.1 Å². The summed E-state index contributed by atoms with van der Waals surface area (Å²) in [6.45, 7) is 6.88. The number of carbonyl (C=O) groups is 2. The van der Waals surface area contributed by atoms with Gasteiger partial charge in [-0.25, -0.2) is 9.78 Å². The van der Waals surface area contributed by atoms with Crippen LogP contribution in [0.15, 0.2) is 4.42 Å². The predicted molar refractivity (Wildman–Crippen MR) is 70.3 cm³/mol. The van der Waals surface area contributed by atoms with Gasteiger partial charge in [0.25, 0.3) is 5.91 Å². The average molecular weight is 281 g/mol. The summed E-state index contributed by atoms with van der Waals surface area (Å²) in [6, 6.07) is -0.624. The molecule has 7 nitrogen and oxygen atoms in total. The highest BCUT2D eigenvalue weighted by atomic mass is 16.5. The standard InChI is InChI=1S/C13H19N3O4/c1-4-19-13(18)10-7-14-5-6-16(10)12(17)11-8(2)15-9(3)20-11/h10,14H,4-7H2,1-3H3. The lowest BCUT2D eigenvalue weighted by Gasteiger charge is -2.33. The number of aryl methyl sites for hydroxylation is 2. The number of aromatic nitrogens is 1. The zero-order valence-corrected chi connectivity index (χ0v) is 11.9. The zero-order chi connectivity index (χ0) is 14.7. The van der Waals surface area contributed by atoms with Crippen LogP contribution in [0.2, 0.25) is 0 Å². The Kier molecular flexibility index (Phi) is 4.39. The van der Waals surface area contributed by atoms with E-state index in [1.807, 2.05) is 0 Å². The molecule has 1 atom stereocenters. The van der Waals surface area contributed by atoms with E-state index in [1.165, 1.54) is 4.90 Å². The van der Waals surface area contributed by atoms with Crippen LogP contribution in [0.4, 0.5) is 0 Å². The summed E-state index contributed by atoms with van der Waals surface area (Å²) in [4.78, 5) is 30.0. The van der Waals surface area contributed by atoms with Crippen molar-refractivity contribution in [2.45, 2.75) is 26.8 Å². The SMILES string of the molecule is CCOC(=O)C1CNCCN1C(=O)c1oc(C)nc1C. The molecule has 0 radical (unpaired) electrons. The quantitative estimate of drug-likeness (QED) is 0.800. The third kappa shape index (κ3) is 2.82. The molecule has 2 rings (SSSR count). The Hall–Kier alpha value is -1.89. The Morgan fingerprint density at radius 3 is 2.85 bits per heavy atom. The van der Waals surface area contributed by atoms with Crippen molar-refractivity contribution in [3.05, 3.63) is 17.3 Å². The summed E-state index contributed by atoms with van der Waals surface area (Å²) in [5.41, 5.74) is 0.536. The summed E-state index contributed by atoms with van der Waals surface area (Å²) in [7, 11) is 0. The maximum atomic E-state index is 12.5. The van der Waals surface area contributed by atoms with Gasteiger partial charge in [0.1, 0.15) is 6.04 Å². The normalized spacial score (nSPS) is 18.9. The van der Waals surface area contributed by atoms with E-state index in [1.54, 1.807) is 20.8 Å². The third-order valence-corrected chi connectivity index (χ3v) is 3.16. The summed E-state index contributed by atoms with van der Waals surface area (Å²) in [5, 5.41) is 3.09. The molecule has 1 aromatic rings. The van der Waals surface area contributed by atoms with Crippen molar-refractivity contribution in [1.29, 1.82) is 0 Å². The van der Waals surface area contributed by atoms with Crippen molar-refractivity contribution in [3.63, 3.8) is 0 Å². The van der Waals surface area contributed by atoms with Gasteiger partial charge in [-0.3, -0.25) is 4.79 Å². The third-order valence-electron chi connectivity index (χ3n) is 3.16. The number of ether oxygens (including phenoxy) is 1. The second-order valence-electron chi connectivity index (χ2n) is 4.62. The smallest absolute Gasteiger partial charge is 0.330 e. The van der Waals surface area contributed by atoms with Crippen LogP contribution in [0.25, 0.3) is 0 Å². The minimum absolute atomic E-state index is 0.193. The van der Waals surface area contributed by atoms with Crippen LogP contribution in [-0.4, -0.2) is 54.0 Å². The molecule has 1 fully saturated rings. The van der Waals surface area contributed by atoms with E-state index in [-0.39, 0.29) is 18.3 Å². The van der Waals surface area contributed by atoms with Crippen molar-refractivity contribution < 1.29 is 18.7 Å². The molecule has 20 heavy (non-hydrogen) atoms. The largest absolute Gasteiger partial charge is 0.464 e. The maximum absolute atomic E-state index is 12.5. The molecular formula is C13H19N3O4. The van der Waals surface area contributed by atoms with Crippen molar-refractivity contribution in [2.75, 3.05) is 26.2 Å². The first-order chi connectivity index (χ1) is 9.54. The molecular weight excluding hydrogens is 262 g/mol. The molecule has 1 unspecified atom stereocenters. The summed E-state index contributed by atoms with van der Waals surface area (Å²) < 4.78 is 10.4. The van der Waals surface area contributed by atoms with Gasteiger partial charge in [-0.05, 0) is 13.8 Å². The number of hydrogen-bond acceptors (Lipinski definition) is 6. The molecule has 1 aromatic heterocycles. The van der Waals surface area contributed by atoms with E-state index < -0.39 is 12.0 Å². The molecule has 1 aliphatic heterocycles. The van der Waals surface area contributed by atoms with Crippen molar-refractivity contribution in [1.82, 2.24) is 15.2 Å². The highest BCUT2D eigenvalue weighted by molar-refractivity contribution is 5.95. The Balaban J connectivity index is 2.21. The molecule has 0 aromatic carbocycles. The summed E-state index contributed by atoms with van der Waals surface area (Å²) in [6.07, 6.45) is 0. The Morgan fingerprint density at radius 1 is 1.50 bits per heavy atom. The molecule has 1 saturated heterocycles. The molecule has 0 aliphatic carbocycles. The van der Waals surface area contributed by atoms with Gasteiger partial charge in [0.05, 0.1) is 12.3 Å². The molecule has 0 spiro atoms. The van der Waals surface area contributed by atoms with Crippen LogP contribution in [0.5, 0.6) is 0 Å². The van der Waals surface area contributed by atoms with Gasteiger partial charge >= 0.3 is 5.97 Å². The van der Waals surface area contributed by atoms with Gasteiger partial charge in [-0.1, -0.05) is 0 Å². The van der Waals surface area contributed by atoms with E-state index >= 15 is 0 Å². The van der Waals surface area contributed by atoms with Crippen molar-refractivity contribution >= 4 is 11.9 Å². The molecule has 1 N–H and O–H groups in total. The number of carbonyl (C=O) groups excluding carboxylic acids is 2. The number of rotatable bonds is 3. The van der Waals surface area contributed by atoms with E-state index in [0.29, 0.717) is 31.2 Å². The average Bonchev–Trinajstić information content (AvgIpc) is 2.77. The second kappa shape index (κ2) is 6.04. The Bertz CT molecular complexity index is 512. The highest BCUT2D eigenvalue weighted by Crippen LogP contribution is 2.16. The molecule has 2 heterocycles. The van der Waals surface area contributed by atoms with Gasteiger partial charge in [0.2, 0.25) is 5.76 Å². The topological polar surface area (TPSA) is 84.7 Å². The minimum atomic E-state index is -0.624. The van der Waals surface area contributed by atoms with Gasteiger partial charge in [-0.15, -0.1) is 0 Å². The first-order valence-electron chi connectivity index (χ1n) is 6.67. The number of esters is 1. The van der Waals surface area contributed by atoms with E-state index in [0.717, 1.165) is 0 Å². The number of hydrogen-bond donors (Lipinski definition) is 1. The van der Waals surface area contributed by atoms with Crippen LogP contribution in [0.3, 0.4) is 0 Å². The molecule has 0 saturated carbocycles. The Labute approximate surface area is 117 Å². The van der Waals surface area contributed by atoms with E-state index in [4.69, 9.17) is 9.15 Å². The lowest BCUT2D eigenvalue weighted by Crippen LogP contribution is -2.57. The molecule has 110 valence electrons. The lowest BCUT2D eigenvalue weighted by molar-refractivity contribution is -0.149. The fraction of sp³-hybridized carbons (Fsp3) is 0.615. The van der Waals surface area contributed by atoms with Crippen molar-refractivity contribution in [2.24, 2.45) is 0 Å². The van der Waals surface area contributed by atoms with Crippen molar-refractivity contribution in [3.8, 4) is 0 Å². The lowest BCUT2D eigenvalue weighted by atomic mass is 10.1. The van der Waals surface area contributed by atoms with Crippen LogP contribution in [-0.2, 0) is 9.53 Å². The van der Waals surface area contributed by atoms with Crippen LogP contribution < -0.4 is 5.32 Å². The van der Waals surface area contributed by atoms with Crippen LogP contribution >= 0.6 is 0 Å². The van der Waals surface area contributed by atoms with E-state index in [9.17, 15) is 9.59 Å². The fourth-order valence-electron chi connectivity index (χ4n) is 2.26. The number of oxazole rings is 1. The van der Waals surface area contributed by atoms with E-state index in [2.05, 4.69) is 10.3 Å². The monoisotopic (exact) mass is 281 g/mol. The molecule has 1 aliphatic rings. The number of amides is 1. The first-order valence-corrected chi connectivity index (χ1v) is 6.67. The summed E-state index contributed by atoms with van der Waals surface area (Å²) >= 11 is 0. The minimum Gasteiger partial charge on any atom is -0.464 e.